The van der Waals surface area contributed by atoms with E-state index >= 15 is 0 Å². The first-order chi connectivity index (χ1) is 14.6. The van der Waals surface area contributed by atoms with Gasteiger partial charge in [0.2, 0.25) is 11.0 Å². The summed E-state index contributed by atoms with van der Waals surface area (Å²) in [7, 11) is 0. The Kier molecular flexibility index (Phi) is 7.42. The van der Waals surface area contributed by atoms with E-state index in [1.165, 1.54) is 30.3 Å². The molecule has 0 saturated carbocycles. The van der Waals surface area contributed by atoms with Gasteiger partial charge >= 0.3 is 6.18 Å². The average molecular weight is 507 g/mol. The average Bonchev–Trinajstić information content (AvgIpc) is 3.13. The largest absolute Gasteiger partial charge is 0.416 e. The van der Waals surface area contributed by atoms with Gasteiger partial charge in [0.1, 0.15) is 0 Å². The van der Waals surface area contributed by atoms with Crippen molar-refractivity contribution in [2.45, 2.75) is 10.5 Å². The van der Waals surface area contributed by atoms with Gasteiger partial charge in [-0.2, -0.15) is 13.2 Å². The van der Waals surface area contributed by atoms with Gasteiger partial charge < -0.3 is 5.32 Å². The predicted octanol–water partition coefficient (Wildman–Crippen LogP) is 5.85. The van der Waals surface area contributed by atoms with Gasteiger partial charge in [-0.15, -0.1) is 10.2 Å². The van der Waals surface area contributed by atoms with Gasteiger partial charge in [-0.25, -0.2) is 0 Å². The molecule has 0 fully saturated rings. The van der Waals surface area contributed by atoms with Gasteiger partial charge in [-0.3, -0.25) is 14.9 Å². The van der Waals surface area contributed by atoms with Crippen LogP contribution in [0.2, 0.25) is 10.0 Å². The maximum atomic E-state index is 12.7. The molecule has 1 aromatic heterocycles. The molecule has 0 saturated heterocycles. The van der Waals surface area contributed by atoms with E-state index < -0.39 is 23.6 Å². The second-order valence-electron chi connectivity index (χ2n) is 5.87. The zero-order valence-electron chi connectivity index (χ0n) is 15.2. The molecule has 2 amide bonds. The molecule has 0 bridgehead atoms. The molecule has 1 heterocycles. The lowest BCUT2D eigenvalue weighted by Crippen LogP contribution is -2.15. The van der Waals surface area contributed by atoms with E-state index in [1.54, 1.807) is 0 Å². The first kappa shape index (κ1) is 23.3. The molecule has 13 heteroatoms. The molecule has 0 radical (unpaired) electrons. The smallest absolute Gasteiger partial charge is 0.325 e. The lowest BCUT2D eigenvalue weighted by atomic mass is 10.2. The lowest BCUT2D eigenvalue weighted by molar-refractivity contribution is -0.137. The minimum absolute atomic E-state index is 0.0329. The van der Waals surface area contributed by atoms with Crippen molar-refractivity contribution in [3.63, 3.8) is 0 Å². The molecule has 3 rings (SSSR count). The van der Waals surface area contributed by atoms with Crippen molar-refractivity contribution in [1.29, 1.82) is 0 Å². The van der Waals surface area contributed by atoms with Gasteiger partial charge in [0, 0.05) is 10.7 Å². The maximum Gasteiger partial charge on any atom is 0.416 e. The number of carbonyl (C=O) groups is 2. The molecule has 31 heavy (non-hydrogen) atoms. The highest BCUT2D eigenvalue weighted by Crippen LogP contribution is 2.31. The summed E-state index contributed by atoms with van der Waals surface area (Å²) in [6, 6.07) is 8.75. The van der Waals surface area contributed by atoms with Crippen LogP contribution in [0, 0.1) is 0 Å². The monoisotopic (exact) mass is 506 g/mol. The van der Waals surface area contributed by atoms with Crippen LogP contribution in [0.15, 0.2) is 46.8 Å². The van der Waals surface area contributed by atoms with E-state index in [0.717, 1.165) is 35.2 Å². The Balaban J connectivity index is 1.54. The number of anilines is 2. The maximum absolute atomic E-state index is 12.7. The van der Waals surface area contributed by atoms with Gasteiger partial charge in [-0.05, 0) is 36.4 Å². The highest BCUT2D eigenvalue weighted by Gasteiger charge is 2.30. The number of nitrogens with zero attached hydrogens (tertiary/aromatic N) is 2. The van der Waals surface area contributed by atoms with Crippen LogP contribution in [0.3, 0.4) is 0 Å². The Bertz CT molecular complexity index is 1130. The molecule has 0 aliphatic heterocycles. The fourth-order valence-corrected chi connectivity index (χ4v) is 4.30. The first-order valence-electron chi connectivity index (χ1n) is 8.31. The van der Waals surface area contributed by atoms with Gasteiger partial charge in [0.15, 0.2) is 4.34 Å². The van der Waals surface area contributed by atoms with Crippen LogP contribution in [0.5, 0.6) is 0 Å². The number of carbonyl (C=O) groups excluding carboxylic acids is 2. The number of alkyl halides is 3. The van der Waals surface area contributed by atoms with Crippen molar-refractivity contribution in [2.24, 2.45) is 0 Å². The number of aromatic nitrogens is 2. The number of thioether (sulfide) groups is 1. The minimum Gasteiger partial charge on any atom is -0.325 e. The molecule has 6 nitrogen and oxygen atoms in total. The van der Waals surface area contributed by atoms with Crippen LogP contribution in [0.4, 0.5) is 24.0 Å². The van der Waals surface area contributed by atoms with Crippen LogP contribution in [0.25, 0.3) is 0 Å². The van der Waals surface area contributed by atoms with E-state index in [1.807, 2.05) is 0 Å². The fourth-order valence-electron chi connectivity index (χ4n) is 2.25. The molecule has 0 unspecified atom stereocenters. The lowest BCUT2D eigenvalue weighted by Gasteiger charge is -2.09. The van der Waals surface area contributed by atoms with E-state index in [2.05, 4.69) is 20.8 Å². The second kappa shape index (κ2) is 9.86. The van der Waals surface area contributed by atoms with E-state index in [9.17, 15) is 22.8 Å². The quantitative estimate of drug-likeness (QED) is 0.323. The second-order valence-corrected chi connectivity index (χ2v) is 8.91. The van der Waals surface area contributed by atoms with E-state index in [0.29, 0.717) is 9.36 Å². The van der Waals surface area contributed by atoms with Gasteiger partial charge in [-0.1, -0.05) is 52.4 Å². The number of rotatable bonds is 6. The molecule has 0 aliphatic carbocycles. The highest BCUT2D eigenvalue weighted by molar-refractivity contribution is 8.01. The van der Waals surface area contributed by atoms with Gasteiger partial charge in [0.05, 0.1) is 21.9 Å². The first-order valence-corrected chi connectivity index (χ1v) is 10.9. The third kappa shape index (κ3) is 6.57. The van der Waals surface area contributed by atoms with Crippen molar-refractivity contribution < 1.29 is 22.8 Å². The molecular weight excluding hydrogens is 496 g/mol. The normalized spacial score (nSPS) is 11.3. The zero-order valence-corrected chi connectivity index (χ0v) is 18.3. The molecule has 2 aromatic carbocycles. The van der Waals surface area contributed by atoms with Crippen LogP contribution in [0.1, 0.15) is 15.9 Å². The summed E-state index contributed by atoms with van der Waals surface area (Å²) in [5.41, 5.74) is -0.621. The summed E-state index contributed by atoms with van der Waals surface area (Å²) in [5, 5.41) is 13.4. The third-order valence-electron chi connectivity index (χ3n) is 3.60. The zero-order chi connectivity index (χ0) is 22.6. The summed E-state index contributed by atoms with van der Waals surface area (Å²) >= 11 is 13.8. The highest BCUT2D eigenvalue weighted by atomic mass is 35.5. The number of amides is 2. The Morgan fingerprint density at radius 2 is 1.84 bits per heavy atom. The molecule has 162 valence electrons. The summed E-state index contributed by atoms with van der Waals surface area (Å²) in [5.74, 6) is -1.13. The summed E-state index contributed by atoms with van der Waals surface area (Å²) in [4.78, 5) is 24.3. The standard InChI is InChI=1S/C18H11Cl2F3N4O2S2/c19-10-4-5-12(13(20)7-10)15(29)25-16-26-27-17(31-16)30-8-14(28)24-11-3-1-2-9(6-11)18(21,22)23/h1-7H,8H2,(H,24,28)(H,25,26,29). The summed E-state index contributed by atoms with van der Waals surface area (Å²) in [6.07, 6.45) is -4.50. The van der Waals surface area contributed by atoms with Crippen molar-refractivity contribution in [3.8, 4) is 0 Å². The number of nitrogens with one attached hydrogen (secondary N) is 2. The van der Waals surface area contributed by atoms with Crippen molar-refractivity contribution in [1.82, 2.24) is 10.2 Å². The molecule has 2 N–H and O–H groups in total. The number of hydrogen-bond acceptors (Lipinski definition) is 6. The summed E-state index contributed by atoms with van der Waals surface area (Å²) in [6.45, 7) is 0. The Hall–Kier alpha value is -2.34. The molecule has 3 aromatic rings. The van der Waals surface area contributed by atoms with Crippen LogP contribution < -0.4 is 10.6 Å². The topological polar surface area (TPSA) is 84.0 Å². The Morgan fingerprint density at radius 1 is 1.06 bits per heavy atom. The molecule has 0 atom stereocenters. The Morgan fingerprint density at radius 3 is 2.55 bits per heavy atom. The SMILES string of the molecule is O=C(CSc1nnc(NC(=O)c2ccc(Cl)cc2Cl)s1)Nc1cccc(C(F)(F)F)c1. The van der Waals surface area contributed by atoms with E-state index in [4.69, 9.17) is 23.2 Å². The number of halogens is 5. The summed E-state index contributed by atoms with van der Waals surface area (Å²) < 4.78 is 38.6. The molecule has 0 spiro atoms. The van der Waals surface area contributed by atoms with Gasteiger partial charge in [0.25, 0.3) is 5.91 Å². The number of hydrogen-bond donors (Lipinski definition) is 2. The van der Waals surface area contributed by atoms with Crippen LogP contribution >= 0.6 is 46.3 Å². The minimum atomic E-state index is -4.50. The third-order valence-corrected chi connectivity index (χ3v) is 6.12. The van der Waals surface area contributed by atoms with Crippen molar-refractivity contribution in [3.05, 3.63) is 63.6 Å². The van der Waals surface area contributed by atoms with E-state index in [-0.39, 0.29) is 27.2 Å². The fraction of sp³-hybridized carbons (Fsp3) is 0.111. The van der Waals surface area contributed by atoms with Crippen LogP contribution in [-0.2, 0) is 11.0 Å². The predicted molar refractivity (Wildman–Crippen MR) is 115 cm³/mol. The van der Waals surface area contributed by atoms with Crippen molar-refractivity contribution >= 4 is 68.9 Å². The molecule has 0 aliphatic rings. The number of benzene rings is 2. The Labute approximate surface area is 192 Å². The van der Waals surface area contributed by atoms with Crippen molar-refractivity contribution in [2.75, 3.05) is 16.4 Å². The molecular formula is C18H11Cl2F3N4O2S2. The van der Waals surface area contributed by atoms with Crippen LogP contribution in [-0.4, -0.2) is 27.8 Å².